The van der Waals surface area contributed by atoms with Crippen molar-refractivity contribution in [1.29, 1.82) is 0 Å². The number of hydrogen-bond acceptors (Lipinski definition) is 4. The predicted molar refractivity (Wildman–Crippen MR) is 198 cm³/mol. The largest absolute Gasteiger partial charge is 0.387 e. The lowest BCUT2D eigenvalue weighted by Gasteiger charge is -2.21. The van der Waals surface area contributed by atoms with Crippen LogP contribution in [-0.4, -0.2) is 41.9 Å². The molecular formula is C39H75NO5S. The molecule has 6 nitrogen and oxygen atoms in total. The SMILES string of the molecule is CCCCCCCCCCCCCCC/C=C/CC/C=C/C(O)C(CS(=O)(=O)O)NC(=O)CCCCCCCCCCCCCC. The summed E-state index contributed by atoms with van der Waals surface area (Å²) in [5.74, 6) is -0.994. The van der Waals surface area contributed by atoms with Crippen LogP contribution < -0.4 is 5.32 Å². The molecule has 0 saturated carbocycles. The fourth-order valence-corrected chi connectivity index (χ4v) is 6.67. The lowest BCUT2D eigenvalue weighted by atomic mass is 10.0. The third-order valence-corrected chi connectivity index (χ3v) is 9.66. The van der Waals surface area contributed by atoms with E-state index in [1.807, 2.05) is 6.08 Å². The van der Waals surface area contributed by atoms with Crippen LogP contribution in [0.25, 0.3) is 0 Å². The molecule has 3 N–H and O–H groups in total. The van der Waals surface area contributed by atoms with E-state index in [0.29, 0.717) is 6.42 Å². The summed E-state index contributed by atoms with van der Waals surface area (Å²) in [6.07, 6.45) is 41.7. The smallest absolute Gasteiger partial charge is 0.267 e. The van der Waals surface area contributed by atoms with E-state index in [2.05, 4.69) is 31.3 Å². The summed E-state index contributed by atoms with van der Waals surface area (Å²) in [6.45, 7) is 4.51. The van der Waals surface area contributed by atoms with Crippen molar-refractivity contribution in [2.45, 2.75) is 212 Å². The highest BCUT2D eigenvalue weighted by molar-refractivity contribution is 7.85. The Kier molecular flexibility index (Phi) is 32.8. The number of rotatable bonds is 35. The minimum atomic E-state index is -4.34. The topological polar surface area (TPSA) is 104 Å². The molecule has 0 spiro atoms. The van der Waals surface area contributed by atoms with Crippen LogP contribution in [-0.2, 0) is 14.9 Å². The first-order chi connectivity index (χ1) is 22.3. The Morgan fingerprint density at radius 1 is 0.565 bits per heavy atom. The maximum absolute atomic E-state index is 12.4. The van der Waals surface area contributed by atoms with E-state index in [0.717, 1.165) is 38.5 Å². The third kappa shape index (κ3) is 34.2. The van der Waals surface area contributed by atoms with Crippen molar-refractivity contribution in [3.63, 3.8) is 0 Å². The van der Waals surface area contributed by atoms with Gasteiger partial charge in [-0.3, -0.25) is 9.35 Å². The zero-order valence-corrected chi connectivity index (χ0v) is 31.0. The average Bonchev–Trinajstić information content (AvgIpc) is 3.01. The van der Waals surface area contributed by atoms with Gasteiger partial charge in [-0.2, -0.15) is 8.42 Å². The molecule has 7 heteroatoms. The lowest BCUT2D eigenvalue weighted by molar-refractivity contribution is -0.122. The highest BCUT2D eigenvalue weighted by Gasteiger charge is 2.24. The van der Waals surface area contributed by atoms with Crippen LogP contribution in [0.15, 0.2) is 24.3 Å². The number of carbonyl (C=O) groups is 1. The summed E-state index contributed by atoms with van der Waals surface area (Å²) < 4.78 is 32.4. The molecule has 0 aliphatic heterocycles. The number of nitrogens with one attached hydrogen (secondary N) is 1. The fourth-order valence-electron chi connectivity index (χ4n) is 5.94. The van der Waals surface area contributed by atoms with Gasteiger partial charge in [0.2, 0.25) is 5.91 Å². The maximum atomic E-state index is 12.4. The average molecular weight is 670 g/mol. The van der Waals surface area contributed by atoms with Crippen molar-refractivity contribution in [3.05, 3.63) is 24.3 Å². The molecule has 0 saturated heterocycles. The van der Waals surface area contributed by atoms with Crippen molar-refractivity contribution in [2.24, 2.45) is 0 Å². The minimum absolute atomic E-state index is 0.288. The van der Waals surface area contributed by atoms with E-state index in [9.17, 15) is 22.9 Å². The Morgan fingerprint density at radius 3 is 1.37 bits per heavy atom. The van der Waals surface area contributed by atoms with E-state index < -0.39 is 28.0 Å². The highest BCUT2D eigenvalue weighted by atomic mass is 32.2. The highest BCUT2D eigenvalue weighted by Crippen LogP contribution is 2.14. The minimum Gasteiger partial charge on any atom is -0.387 e. The van der Waals surface area contributed by atoms with Crippen LogP contribution in [0.4, 0.5) is 0 Å². The molecule has 0 aromatic heterocycles. The second-order valence-corrected chi connectivity index (χ2v) is 15.1. The van der Waals surface area contributed by atoms with Gasteiger partial charge < -0.3 is 10.4 Å². The standard InChI is InChI=1S/C39H75NO5S/c1-3-5-7-9-11-13-15-17-18-19-20-21-22-23-24-26-28-30-32-34-38(41)37(36-46(43,44)45)40-39(42)35-33-31-29-27-25-16-14-12-10-8-6-4-2/h24,26,32,34,37-38,41H,3-23,25,27-31,33,35-36H2,1-2H3,(H,40,42)(H,43,44,45)/b26-24+,34-32+. The molecule has 0 aliphatic carbocycles. The number of unbranched alkanes of at least 4 members (excludes halogenated alkanes) is 25. The predicted octanol–water partition coefficient (Wildman–Crippen LogP) is 11.2. The first-order valence-corrected chi connectivity index (χ1v) is 21.1. The van der Waals surface area contributed by atoms with E-state index >= 15 is 0 Å². The van der Waals surface area contributed by atoms with Crippen LogP contribution in [0, 0.1) is 0 Å². The number of allylic oxidation sites excluding steroid dienone is 3. The molecule has 0 heterocycles. The second-order valence-electron chi connectivity index (χ2n) is 13.6. The molecule has 0 aliphatic rings. The van der Waals surface area contributed by atoms with Crippen molar-refractivity contribution in [2.75, 3.05) is 5.75 Å². The van der Waals surface area contributed by atoms with E-state index in [1.165, 1.54) is 147 Å². The van der Waals surface area contributed by atoms with Gasteiger partial charge in [0.25, 0.3) is 10.1 Å². The van der Waals surface area contributed by atoms with Crippen LogP contribution in [0.5, 0.6) is 0 Å². The monoisotopic (exact) mass is 670 g/mol. The van der Waals surface area contributed by atoms with Gasteiger partial charge in [0.1, 0.15) is 0 Å². The molecule has 0 bridgehead atoms. The first kappa shape index (κ1) is 44.8. The Hall–Kier alpha value is -1.18. The molecule has 272 valence electrons. The van der Waals surface area contributed by atoms with Gasteiger partial charge in [-0.15, -0.1) is 0 Å². The number of aliphatic hydroxyl groups excluding tert-OH is 1. The van der Waals surface area contributed by atoms with Gasteiger partial charge in [0.05, 0.1) is 17.9 Å². The van der Waals surface area contributed by atoms with Crippen LogP contribution in [0.3, 0.4) is 0 Å². The lowest BCUT2D eigenvalue weighted by Crippen LogP contribution is -2.46. The molecule has 0 fully saturated rings. The number of carbonyl (C=O) groups excluding carboxylic acids is 1. The van der Waals surface area contributed by atoms with Crippen LogP contribution in [0.1, 0.15) is 200 Å². The van der Waals surface area contributed by atoms with Crippen molar-refractivity contribution in [1.82, 2.24) is 5.32 Å². The summed E-state index contributed by atoms with van der Waals surface area (Å²) in [5, 5.41) is 13.2. The van der Waals surface area contributed by atoms with Gasteiger partial charge in [0, 0.05) is 6.42 Å². The Morgan fingerprint density at radius 2 is 0.935 bits per heavy atom. The molecule has 0 aromatic carbocycles. The zero-order chi connectivity index (χ0) is 34.0. The molecule has 0 radical (unpaired) electrons. The molecule has 46 heavy (non-hydrogen) atoms. The van der Waals surface area contributed by atoms with E-state index in [-0.39, 0.29) is 5.91 Å². The van der Waals surface area contributed by atoms with Crippen molar-refractivity contribution in [3.8, 4) is 0 Å². The first-order valence-electron chi connectivity index (χ1n) is 19.5. The molecule has 2 unspecified atom stereocenters. The Balaban J connectivity index is 3.97. The number of aliphatic hydroxyl groups is 1. The van der Waals surface area contributed by atoms with Gasteiger partial charge in [-0.25, -0.2) is 0 Å². The maximum Gasteiger partial charge on any atom is 0.267 e. The number of hydrogen-bond donors (Lipinski definition) is 3. The normalized spacial score (nSPS) is 13.6. The third-order valence-electron chi connectivity index (χ3n) is 8.88. The van der Waals surface area contributed by atoms with Gasteiger partial charge in [-0.05, 0) is 32.1 Å². The summed E-state index contributed by atoms with van der Waals surface area (Å²) in [5.41, 5.74) is 0. The van der Waals surface area contributed by atoms with Gasteiger partial charge in [0.15, 0.2) is 0 Å². The summed E-state index contributed by atoms with van der Waals surface area (Å²) >= 11 is 0. The molecule has 0 rings (SSSR count). The molecule has 2 atom stereocenters. The fraction of sp³-hybridized carbons (Fsp3) is 0.872. The van der Waals surface area contributed by atoms with E-state index in [1.54, 1.807) is 0 Å². The van der Waals surface area contributed by atoms with Gasteiger partial charge in [-0.1, -0.05) is 186 Å². The molecule has 1 amide bonds. The molecular weight excluding hydrogens is 594 g/mol. The van der Waals surface area contributed by atoms with E-state index in [4.69, 9.17) is 0 Å². The molecule has 0 aromatic rings. The van der Waals surface area contributed by atoms with Crippen molar-refractivity contribution >= 4 is 16.0 Å². The quantitative estimate of drug-likeness (QED) is 0.0354. The Bertz CT molecular complexity index is 826. The van der Waals surface area contributed by atoms with Gasteiger partial charge >= 0.3 is 0 Å². The van der Waals surface area contributed by atoms with Crippen molar-refractivity contribution < 1.29 is 22.9 Å². The summed E-state index contributed by atoms with van der Waals surface area (Å²) in [4.78, 5) is 12.4. The Labute approximate surface area is 285 Å². The summed E-state index contributed by atoms with van der Waals surface area (Å²) in [6, 6.07) is -1.07. The summed E-state index contributed by atoms with van der Waals surface area (Å²) in [7, 11) is -4.34. The van der Waals surface area contributed by atoms with Crippen LogP contribution in [0.2, 0.25) is 0 Å². The van der Waals surface area contributed by atoms with Crippen LogP contribution >= 0.6 is 0 Å². The zero-order valence-electron chi connectivity index (χ0n) is 30.2. The second kappa shape index (κ2) is 33.7. The number of amides is 1.